The molecule has 1 aromatic heterocycles. The molecule has 0 aliphatic carbocycles. The standard InChI is InChI=1S/C26H27NO4.ClH/c1-15-8-16(2)13-27(12-15)14-20-21(28)9-17(3)24-25(29)23(31-26(20)24)11-19-10-18-6-4-5-7-22(18)30-19;/h4-7,9-11,15-16,28H,8,12-14H2,1-3H3;1H. The fraction of sp³-hybridized carbons (Fsp3) is 0.346. The first-order valence-electron chi connectivity index (χ1n) is 10.9. The number of phenols is 1. The third-order valence-electron chi connectivity index (χ3n) is 6.26. The van der Waals surface area contributed by atoms with E-state index in [1.54, 1.807) is 12.1 Å². The van der Waals surface area contributed by atoms with Gasteiger partial charge in [-0.1, -0.05) is 32.0 Å². The van der Waals surface area contributed by atoms with Crippen molar-refractivity contribution in [2.75, 3.05) is 13.1 Å². The highest BCUT2D eigenvalue weighted by Gasteiger charge is 2.34. The van der Waals surface area contributed by atoms with E-state index >= 15 is 0 Å². The van der Waals surface area contributed by atoms with Gasteiger partial charge < -0.3 is 14.3 Å². The first-order chi connectivity index (χ1) is 14.9. The minimum atomic E-state index is -0.172. The van der Waals surface area contributed by atoms with Gasteiger partial charge in [0.25, 0.3) is 0 Å². The quantitative estimate of drug-likeness (QED) is 0.495. The number of fused-ring (bicyclic) bond motifs is 2. The number of piperidine rings is 1. The van der Waals surface area contributed by atoms with Gasteiger partial charge in [-0.05, 0) is 48.9 Å². The lowest BCUT2D eigenvalue weighted by Crippen LogP contribution is -2.38. The van der Waals surface area contributed by atoms with Gasteiger partial charge in [-0.25, -0.2) is 0 Å². The van der Waals surface area contributed by atoms with Crippen LogP contribution in [-0.4, -0.2) is 28.9 Å². The molecule has 2 aliphatic rings. The van der Waals surface area contributed by atoms with Crippen molar-refractivity contribution in [3.05, 3.63) is 64.6 Å². The van der Waals surface area contributed by atoms with Gasteiger partial charge in [-0.3, -0.25) is 9.69 Å². The second-order valence-electron chi connectivity index (χ2n) is 9.16. The average Bonchev–Trinajstić information content (AvgIpc) is 3.25. The van der Waals surface area contributed by atoms with Gasteiger partial charge in [0.15, 0.2) is 5.76 Å². The predicted molar refractivity (Wildman–Crippen MR) is 127 cm³/mol. The summed E-state index contributed by atoms with van der Waals surface area (Å²) in [6.45, 7) is 8.86. The number of halogens is 1. The molecule has 2 aliphatic heterocycles. The van der Waals surface area contributed by atoms with Crippen LogP contribution in [0.2, 0.25) is 0 Å². The molecule has 0 bridgehead atoms. The molecule has 2 atom stereocenters. The number of likely N-dealkylation sites (tertiary alicyclic amines) is 1. The Kier molecular flexibility index (Phi) is 6.06. The van der Waals surface area contributed by atoms with Gasteiger partial charge in [0, 0.05) is 31.1 Å². The third kappa shape index (κ3) is 4.03. The number of ketones is 1. The van der Waals surface area contributed by atoms with E-state index in [4.69, 9.17) is 9.15 Å². The lowest BCUT2D eigenvalue weighted by molar-refractivity contribution is 0.101. The van der Waals surface area contributed by atoms with Crippen LogP contribution in [-0.2, 0) is 6.54 Å². The van der Waals surface area contributed by atoms with E-state index in [1.807, 2.05) is 37.3 Å². The normalized spacial score (nSPS) is 22.1. The van der Waals surface area contributed by atoms with Crippen LogP contribution in [0.25, 0.3) is 17.0 Å². The SMILES string of the molecule is Cc1cc(O)c(CN2CC(C)CC(C)C2)c2c1C(=O)C(=Cc1cc3ccccc3o1)O2.Cl. The summed E-state index contributed by atoms with van der Waals surface area (Å²) in [6, 6.07) is 11.3. The molecule has 0 amide bonds. The molecule has 0 spiro atoms. The van der Waals surface area contributed by atoms with E-state index in [0.29, 0.717) is 41.0 Å². The van der Waals surface area contributed by atoms with Crippen LogP contribution in [0.1, 0.15) is 47.5 Å². The summed E-state index contributed by atoms with van der Waals surface area (Å²) in [5, 5.41) is 11.7. The summed E-state index contributed by atoms with van der Waals surface area (Å²) >= 11 is 0. The molecule has 0 radical (unpaired) electrons. The van der Waals surface area contributed by atoms with Crippen molar-refractivity contribution in [2.24, 2.45) is 11.8 Å². The Hall–Kier alpha value is -2.76. The molecular formula is C26H28ClNO4. The topological polar surface area (TPSA) is 62.9 Å². The van der Waals surface area contributed by atoms with Crippen molar-refractivity contribution in [3.63, 3.8) is 0 Å². The highest BCUT2D eigenvalue weighted by Crippen LogP contribution is 2.43. The number of allylic oxidation sites excluding steroid dienone is 1. The second kappa shape index (κ2) is 8.64. The Morgan fingerprint density at radius 3 is 2.59 bits per heavy atom. The summed E-state index contributed by atoms with van der Waals surface area (Å²) in [5.74, 6) is 2.50. The molecule has 32 heavy (non-hydrogen) atoms. The lowest BCUT2D eigenvalue weighted by Gasteiger charge is -2.35. The molecule has 168 valence electrons. The maximum absolute atomic E-state index is 13.2. The number of aromatic hydroxyl groups is 1. The lowest BCUT2D eigenvalue weighted by atomic mass is 9.91. The first kappa shape index (κ1) is 22.4. The Balaban J connectivity index is 0.00000245. The number of nitrogens with zero attached hydrogens (tertiary/aromatic N) is 1. The highest BCUT2D eigenvalue weighted by molar-refractivity contribution is 6.15. The molecule has 1 N–H and O–H groups in total. The van der Waals surface area contributed by atoms with Crippen molar-refractivity contribution < 1.29 is 19.1 Å². The number of furan rings is 1. The molecule has 1 saturated heterocycles. The number of carbonyl (C=O) groups is 1. The molecule has 5 rings (SSSR count). The fourth-order valence-corrected chi connectivity index (χ4v) is 5.08. The van der Waals surface area contributed by atoms with Crippen LogP contribution in [0.15, 0.2) is 46.6 Å². The minimum Gasteiger partial charge on any atom is -0.507 e. The third-order valence-corrected chi connectivity index (χ3v) is 6.26. The summed E-state index contributed by atoms with van der Waals surface area (Å²) in [5.41, 5.74) is 2.70. The summed E-state index contributed by atoms with van der Waals surface area (Å²) in [6.07, 6.45) is 2.86. The minimum absolute atomic E-state index is 0. The van der Waals surface area contributed by atoms with Gasteiger partial charge in [-0.2, -0.15) is 0 Å². The van der Waals surface area contributed by atoms with E-state index in [1.165, 1.54) is 6.42 Å². The molecule has 3 heterocycles. The van der Waals surface area contributed by atoms with E-state index in [9.17, 15) is 9.90 Å². The number of carbonyl (C=O) groups excluding carboxylic acids is 1. The van der Waals surface area contributed by atoms with E-state index in [0.717, 1.165) is 29.6 Å². The van der Waals surface area contributed by atoms with Gasteiger partial charge in [-0.15, -0.1) is 12.4 Å². The van der Waals surface area contributed by atoms with Crippen LogP contribution in [0, 0.1) is 18.8 Å². The zero-order valence-corrected chi connectivity index (χ0v) is 19.4. The van der Waals surface area contributed by atoms with Crippen molar-refractivity contribution in [1.82, 2.24) is 4.90 Å². The van der Waals surface area contributed by atoms with Crippen LogP contribution in [0.5, 0.6) is 11.5 Å². The highest BCUT2D eigenvalue weighted by atomic mass is 35.5. The molecule has 1 fully saturated rings. The fourth-order valence-electron chi connectivity index (χ4n) is 5.08. The number of hydrogen-bond donors (Lipinski definition) is 1. The summed E-state index contributed by atoms with van der Waals surface area (Å²) < 4.78 is 11.9. The monoisotopic (exact) mass is 453 g/mol. The number of aryl methyl sites for hydroxylation is 1. The average molecular weight is 454 g/mol. The number of Topliss-reactive ketones (excluding diaryl/α,β-unsaturated/α-hetero) is 1. The van der Waals surface area contributed by atoms with Crippen molar-refractivity contribution in [1.29, 1.82) is 0 Å². The molecule has 5 nitrogen and oxygen atoms in total. The van der Waals surface area contributed by atoms with Gasteiger partial charge in [0.2, 0.25) is 5.78 Å². The molecule has 2 unspecified atom stereocenters. The zero-order chi connectivity index (χ0) is 21.7. The largest absolute Gasteiger partial charge is 0.507 e. The number of ether oxygens (including phenoxy) is 1. The predicted octanol–water partition coefficient (Wildman–Crippen LogP) is 5.96. The smallest absolute Gasteiger partial charge is 0.232 e. The Morgan fingerprint density at radius 1 is 1.16 bits per heavy atom. The summed E-state index contributed by atoms with van der Waals surface area (Å²) in [4.78, 5) is 15.5. The first-order valence-corrected chi connectivity index (χ1v) is 10.9. The van der Waals surface area contributed by atoms with Crippen LogP contribution in [0.3, 0.4) is 0 Å². The molecule has 6 heteroatoms. The van der Waals surface area contributed by atoms with E-state index in [-0.39, 0.29) is 29.7 Å². The Morgan fingerprint density at radius 2 is 1.88 bits per heavy atom. The molecule has 0 saturated carbocycles. The maximum atomic E-state index is 13.2. The number of benzene rings is 2. The second-order valence-corrected chi connectivity index (χ2v) is 9.16. The molecular weight excluding hydrogens is 426 g/mol. The number of hydrogen-bond acceptors (Lipinski definition) is 5. The Labute approximate surface area is 194 Å². The van der Waals surface area contributed by atoms with Gasteiger partial charge in [0.1, 0.15) is 22.8 Å². The van der Waals surface area contributed by atoms with Crippen LogP contribution < -0.4 is 4.74 Å². The maximum Gasteiger partial charge on any atom is 0.232 e. The van der Waals surface area contributed by atoms with Crippen molar-refractivity contribution in [3.8, 4) is 11.5 Å². The molecule has 2 aromatic carbocycles. The van der Waals surface area contributed by atoms with E-state index < -0.39 is 0 Å². The van der Waals surface area contributed by atoms with E-state index in [2.05, 4.69) is 18.7 Å². The van der Waals surface area contributed by atoms with Crippen LogP contribution in [0.4, 0.5) is 0 Å². The summed E-state index contributed by atoms with van der Waals surface area (Å²) in [7, 11) is 0. The van der Waals surface area contributed by atoms with Gasteiger partial charge >= 0.3 is 0 Å². The zero-order valence-electron chi connectivity index (χ0n) is 18.6. The number of rotatable bonds is 3. The molecule has 3 aromatic rings. The van der Waals surface area contributed by atoms with Crippen molar-refractivity contribution in [2.45, 2.75) is 33.7 Å². The number of phenolic OH excluding ortho intramolecular Hbond substituents is 1. The van der Waals surface area contributed by atoms with Crippen molar-refractivity contribution >= 4 is 35.2 Å². The van der Waals surface area contributed by atoms with Gasteiger partial charge in [0.05, 0.1) is 11.1 Å². The van der Waals surface area contributed by atoms with Crippen LogP contribution >= 0.6 is 12.4 Å². The number of para-hydroxylation sites is 1. The Bertz CT molecular complexity index is 1170.